The highest BCUT2D eigenvalue weighted by molar-refractivity contribution is 7.98. The molecule has 4 heterocycles. The lowest BCUT2D eigenvalue weighted by Gasteiger charge is -2.27. The van der Waals surface area contributed by atoms with Crippen LogP contribution in [0.5, 0.6) is 0 Å². The third-order valence-corrected chi connectivity index (χ3v) is 8.34. The summed E-state index contributed by atoms with van der Waals surface area (Å²) in [4.78, 5) is 14.5. The topological polar surface area (TPSA) is 71.0 Å². The van der Waals surface area contributed by atoms with Crippen LogP contribution in [0, 0.1) is 0 Å². The Morgan fingerprint density at radius 3 is 2.57 bits per heavy atom. The molecule has 0 saturated carbocycles. The molecule has 8 heteroatoms. The molecule has 2 saturated heterocycles. The second-order valence-corrected chi connectivity index (χ2v) is 11.9. The number of likely N-dealkylation sites (N-methyl/N-ethyl adjacent to an activating group) is 1. The van der Waals surface area contributed by atoms with E-state index in [1.54, 1.807) is 11.8 Å². The molecule has 2 aromatic heterocycles. The van der Waals surface area contributed by atoms with Gasteiger partial charge in [0.2, 0.25) is 0 Å². The Labute approximate surface area is 227 Å². The van der Waals surface area contributed by atoms with Gasteiger partial charge in [0.1, 0.15) is 5.60 Å². The van der Waals surface area contributed by atoms with Crippen LogP contribution in [-0.2, 0) is 28.2 Å². The molecule has 3 atom stereocenters. The van der Waals surface area contributed by atoms with Crippen molar-refractivity contribution >= 4 is 11.8 Å². The van der Waals surface area contributed by atoms with Gasteiger partial charge in [-0.15, -0.1) is 11.8 Å². The number of hydrogen-bond donors (Lipinski definition) is 1. The Balaban J connectivity index is 1.45. The first-order chi connectivity index (χ1) is 17.7. The Kier molecular flexibility index (Phi) is 9.64. The van der Waals surface area contributed by atoms with Crippen molar-refractivity contribution in [1.29, 1.82) is 0 Å². The van der Waals surface area contributed by atoms with Gasteiger partial charge in [0.05, 0.1) is 35.7 Å². The second-order valence-electron chi connectivity index (χ2n) is 11.0. The minimum atomic E-state index is -0.953. The third-order valence-electron chi connectivity index (χ3n) is 7.70. The van der Waals surface area contributed by atoms with Crippen LogP contribution >= 0.6 is 11.8 Å². The van der Waals surface area contributed by atoms with Crippen LogP contribution in [0.1, 0.15) is 73.7 Å². The fourth-order valence-electron chi connectivity index (χ4n) is 5.34. The van der Waals surface area contributed by atoms with Gasteiger partial charge in [-0.25, -0.2) is 4.98 Å². The highest BCUT2D eigenvalue weighted by Crippen LogP contribution is 2.35. The lowest BCUT2D eigenvalue weighted by molar-refractivity contribution is 0.0211. The van der Waals surface area contributed by atoms with E-state index in [2.05, 4.69) is 69.1 Å². The van der Waals surface area contributed by atoms with Crippen molar-refractivity contribution in [3.05, 3.63) is 52.5 Å². The van der Waals surface area contributed by atoms with E-state index in [-0.39, 0.29) is 6.10 Å². The molecule has 2 fully saturated rings. The smallest absolute Gasteiger partial charge is 0.117 e. The van der Waals surface area contributed by atoms with E-state index >= 15 is 0 Å². The van der Waals surface area contributed by atoms with Gasteiger partial charge in [-0.05, 0) is 56.9 Å². The molecule has 7 nitrogen and oxygen atoms in total. The summed E-state index contributed by atoms with van der Waals surface area (Å²) in [6.45, 7) is 11.5. The van der Waals surface area contributed by atoms with Gasteiger partial charge in [0.25, 0.3) is 0 Å². The molecule has 0 spiro atoms. The first kappa shape index (κ1) is 28.5. The van der Waals surface area contributed by atoms with Gasteiger partial charge >= 0.3 is 0 Å². The third kappa shape index (κ3) is 6.91. The minimum Gasteiger partial charge on any atom is -0.383 e. The lowest BCUT2D eigenvalue weighted by Crippen LogP contribution is -2.32. The van der Waals surface area contributed by atoms with Gasteiger partial charge in [0, 0.05) is 49.8 Å². The molecule has 2 aliphatic rings. The molecule has 2 aromatic rings. The molecule has 37 heavy (non-hydrogen) atoms. The van der Waals surface area contributed by atoms with Crippen LogP contribution < -0.4 is 0 Å². The number of aliphatic hydroxyl groups is 1. The molecule has 1 unspecified atom stereocenters. The summed E-state index contributed by atoms with van der Waals surface area (Å²) < 4.78 is 11.9. The van der Waals surface area contributed by atoms with Crippen LogP contribution in [0.4, 0.5) is 0 Å². The summed E-state index contributed by atoms with van der Waals surface area (Å²) in [5, 5.41) is 12.3. The maximum absolute atomic E-state index is 11.3. The monoisotopic (exact) mass is 528 g/mol. The quantitative estimate of drug-likeness (QED) is 0.431. The maximum Gasteiger partial charge on any atom is 0.117 e. The van der Waals surface area contributed by atoms with E-state index in [0.717, 1.165) is 54.6 Å². The number of rotatable bonds is 11. The first-order valence-electron chi connectivity index (χ1n) is 13.5. The zero-order valence-electron chi connectivity index (χ0n) is 23.4. The Morgan fingerprint density at radius 2 is 1.89 bits per heavy atom. The van der Waals surface area contributed by atoms with Crippen molar-refractivity contribution in [2.75, 3.05) is 53.3 Å². The van der Waals surface area contributed by atoms with Crippen molar-refractivity contribution < 1.29 is 14.6 Å². The molecule has 2 aliphatic heterocycles. The summed E-state index contributed by atoms with van der Waals surface area (Å²) in [6.07, 6.45) is 3.83. The molecule has 0 amide bonds. The standard InChI is InChI=1S/C29H44N4O3S/c1-7-32(4)16-26-23(8-11-28(31-26)37-6)21-14-22(36-18-21)15-33(5)17-27-24(29(34)12-13-35-19-29)9-10-25(30-27)20(2)3/h8-11,20-22,34H,7,12-19H2,1-6H3/t21-,22?,29+/m0/s1. The summed E-state index contributed by atoms with van der Waals surface area (Å²) in [5.74, 6) is 0.690. The predicted octanol–water partition coefficient (Wildman–Crippen LogP) is 4.39. The number of ether oxygens (including phenoxy) is 2. The average Bonchev–Trinajstić information content (AvgIpc) is 3.53. The first-order valence-corrected chi connectivity index (χ1v) is 14.8. The molecule has 0 bridgehead atoms. The molecular weight excluding hydrogens is 484 g/mol. The van der Waals surface area contributed by atoms with E-state index in [0.29, 0.717) is 38.0 Å². The molecule has 1 N–H and O–H groups in total. The van der Waals surface area contributed by atoms with E-state index in [1.165, 1.54) is 11.3 Å². The summed E-state index contributed by atoms with van der Waals surface area (Å²) >= 11 is 1.69. The summed E-state index contributed by atoms with van der Waals surface area (Å²) in [7, 11) is 4.26. The van der Waals surface area contributed by atoms with Crippen LogP contribution in [0.2, 0.25) is 0 Å². The van der Waals surface area contributed by atoms with Crippen LogP contribution in [0.15, 0.2) is 29.3 Å². The zero-order chi connectivity index (χ0) is 26.6. The fourth-order valence-corrected chi connectivity index (χ4v) is 5.75. The zero-order valence-corrected chi connectivity index (χ0v) is 24.2. The summed E-state index contributed by atoms with van der Waals surface area (Å²) in [6, 6.07) is 8.51. The van der Waals surface area contributed by atoms with Gasteiger partial charge in [-0.2, -0.15) is 0 Å². The predicted molar refractivity (Wildman–Crippen MR) is 149 cm³/mol. The van der Waals surface area contributed by atoms with Crippen molar-refractivity contribution in [3.63, 3.8) is 0 Å². The van der Waals surface area contributed by atoms with E-state index < -0.39 is 5.60 Å². The fraction of sp³-hybridized carbons (Fsp3) is 0.655. The number of aromatic nitrogens is 2. The largest absolute Gasteiger partial charge is 0.383 e. The van der Waals surface area contributed by atoms with Crippen molar-refractivity contribution in [2.24, 2.45) is 0 Å². The van der Waals surface area contributed by atoms with Gasteiger partial charge < -0.3 is 19.5 Å². The highest BCUT2D eigenvalue weighted by atomic mass is 32.2. The number of hydrogen-bond acceptors (Lipinski definition) is 8. The highest BCUT2D eigenvalue weighted by Gasteiger charge is 2.37. The van der Waals surface area contributed by atoms with Gasteiger partial charge in [-0.1, -0.05) is 32.9 Å². The van der Waals surface area contributed by atoms with Crippen LogP contribution in [0.25, 0.3) is 0 Å². The molecule has 0 radical (unpaired) electrons. The van der Waals surface area contributed by atoms with Crippen LogP contribution in [0.3, 0.4) is 0 Å². The Morgan fingerprint density at radius 1 is 1.11 bits per heavy atom. The number of thioether (sulfide) groups is 1. The van der Waals surface area contributed by atoms with Crippen molar-refractivity contribution in [3.8, 4) is 0 Å². The average molecular weight is 529 g/mol. The van der Waals surface area contributed by atoms with Crippen molar-refractivity contribution in [1.82, 2.24) is 19.8 Å². The summed E-state index contributed by atoms with van der Waals surface area (Å²) in [5.41, 5.74) is 4.43. The molecule has 0 aliphatic carbocycles. The maximum atomic E-state index is 11.3. The van der Waals surface area contributed by atoms with Crippen LogP contribution in [-0.4, -0.2) is 84.2 Å². The van der Waals surface area contributed by atoms with E-state index in [4.69, 9.17) is 19.4 Å². The molecular formula is C29H44N4O3S. The minimum absolute atomic E-state index is 0.154. The Bertz CT molecular complexity index is 1040. The normalized spacial score (nSPS) is 24.2. The Hall–Kier alpha value is -1.55. The van der Waals surface area contributed by atoms with Crippen molar-refractivity contribution in [2.45, 2.75) is 75.3 Å². The van der Waals surface area contributed by atoms with E-state index in [1.807, 2.05) is 6.07 Å². The molecule has 4 rings (SSSR count). The molecule has 0 aromatic carbocycles. The second kappa shape index (κ2) is 12.5. The van der Waals surface area contributed by atoms with E-state index in [9.17, 15) is 5.11 Å². The van der Waals surface area contributed by atoms with Gasteiger partial charge in [0.15, 0.2) is 0 Å². The lowest BCUT2D eigenvalue weighted by atomic mass is 9.90. The number of pyridine rings is 2. The molecule has 204 valence electrons. The SMILES string of the molecule is CCN(C)Cc1nc(SC)ccc1[C@@H]1COC(CN(C)Cc2nc(C(C)C)ccc2[C@@]2(O)CCOC2)C1. The number of nitrogens with zero attached hydrogens (tertiary/aromatic N) is 4. The van der Waals surface area contributed by atoms with Gasteiger partial charge in [-0.3, -0.25) is 9.88 Å².